The third-order valence-corrected chi connectivity index (χ3v) is 7.44. The quantitative estimate of drug-likeness (QED) is 0.588. The van der Waals surface area contributed by atoms with Gasteiger partial charge >= 0.3 is 5.97 Å². The zero-order valence-corrected chi connectivity index (χ0v) is 19.6. The Kier molecular flexibility index (Phi) is 7.56. The van der Waals surface area contributed by atoms with Gasteiger partial charge in [0.1, 0.15) is 11.2 Å². The maximum absolute atomic E-state index is 13.6. The first-order valence-electron chi connectivity index (χ1n) is 12.5. The van der Waals surface area contributed by atoms with Crippen LogP contribution in [0.3, 0.4) is 0 Å². The van der Waals surface area contributed by atoms with Crippen molar-refractivity contribution in [3.63, 3.8) is 0 Å². The fraction of sp³-hybridized carbons (Fsp3) is 0.654. The second-order valence-electron chi connectivity index (χ2n) is 9.70. The summed E-state index contributed by atoms with van der Waals surface area (Å²) < 4.78 is 11.0. The monoisotopic (exact) mass is 456 g/mol. The molecule has 2 atom stereocenters. The molecule has 2 heterocycles. The predicted octanol–water partition coefficient (Wildman–Crippen LogP) is 4.33. The van der Waals surface area contributed by atoms with Crippen molar-refractivity contribution in [3.05, 3.63) is 35.9 Å². The highest BCUT2D eigenvalue weighted by atomic mass is 16.5. The van der Waals surface area contributed by atoms with E-state index in [0.29, 0.717) is 36.8 Å². The lowest BCUT2D eigenvalue weighted by Crippen LogP contribution is -2.54. The molecule has 0 radical (unpaired) electrons. The van der Waals surface area contributed by atoms with Crippen LogP contribution in [0.2, 0.25) is 0 Å². The summed E-state index contributed by atoms with van der Waals surface area (Å²) >= 11 is 0. The van der Waals surface area contributed by atoms with E-state index in [0.717, 1.165) is 25.7 Å². The van der Waals surface area contributed by atoms with Crippen LogP contribution >= 0.6 is 0 Å². The number of nitrogens with zero attached hydrogens (tertiary/aromatic N) is 1. The first-order chi connectivity index (χ1) is 16.0. The number of hydrogen-bond donors (Lipinski definition) is 1. The molecule has 0 aromatic carbocycles. The van der Waals surface area contributed by atoms with Crippen LogP contribution < -0.4 is 5.32 Å². The molecule has 180 valence electrons. The largest absolute Gasteiger partial charge is 0.467 e. The SMILES string of the molecule is CCOC(=O)[C@]12CCCC=C1N(Cc1ccco1)C(=O)[C@H](CC(=O)NCC1CCCCC1)C2. The molecular weight excluding hydrogens is 420 g/mol. The van der Waals surface area contributed by atoms with Gasteiger partial charge in [0.05, 0.1) is 19.4 Å². The van der Waals surface area contributed by atoms with Gasteiger partial charge < -0.3 is 19.4 Å². The van der Waals surface area contributed by atoms with Crippen molar-refractivity contribution in [2.75, 3.05) is 13.2 Å². The van der Waals surface area contributed by atoms with E-state index < -0.39 is 11.3 Å². The molecule has 1 aromatic rings. The van der Waals surface area contributed by atoms with Crippen LogP contribution in [0.25, 0.3) is 0 Å². The Morgan fingerprint density at radius 2 is 2.06 bits per heavy atom. The number of ether oxygens (including phenoxy) is 1. The lowest BCUT2D eigenvalue weighted by atomic mass is 9.66. The van der Waals surface area contributed by atoms with Crippen molar-refractivity contribution < 1.29 is 23.5 Å². The standard InChI is InChI=1S/C26H36N2O5/c1-2-32-25(31)26-13-7-6-12-22(26)28(18-21-11-8-14-33-21)24(30)20(16-26)15-23(29)27-17-19-9-4-3-5-10-19/h8,11-12,14,19-20H,2-7,9-10,13,15-18H2,1H3,(H,27,29)/t20-,26+/m1/s1. The Balaban J connectivity index is 1.54. The van der Waals surface area contributed by atoms with Crippen LogP contribution in [0, 0.1) is 17.3 Å². The maximum Gasteiger partial charge on any atom is 0.318 e. The molecule has 1 aliphatic heterocycles. The van der Waals surface area contributed by atoms with Gasteiger partial charge in [0.2, 0.25) is 11.8 Å². The minimum absolute atomic E-state index is 0.0919. The van der Waals surface area contributed by atoms with Gasteiger partial charge in [-0.2, -0.15) is 0 Å². The molecule has 2 amide bonds. The number of allylic oxidation sites excluding steroid dienone is 1. The van der Waals surface area contributed by atoms with Gasteiger partial charge in [0.15, 0.2) is 0 Å². The van der Waals surface area contributed by atoms with Gasteiger partial charge in [-0.05, 0) is 63.5 Å². The highest BCUT2D eigenvalue weighted by molar-refractivity contribution is 5.92. The summed E-state index contributed by atoms with van der Waals surface area (Å²) in [4.78, 5) is 41.3. The van der Waals surface area contributed by atoms with Gasteiger partial charge in [-0.3, -0.25) is 14.4 Å². The van der Waals surface area contributed by atoms with E-state index in [1.54, 1.807) is 24.2 Å². The first-order valence-corrected chi connectivity index (χ1v) is 12.5. The Bertz CT molecular complexity index is 871. The lowest BCUT2D eigenvalue weighted by molar-refractivity contribution is -0.162. The average molecular weight is 457 g/mol. The van der Waals surface area contributed by atoms with E-state index in [1.165, 1.54) is 19.3 Å². The van der Waals surface area contributed by atoms with E-state index in [1.807, 2.05) is 12.1 Å². The molecule has 1 saturated carbocycles. The normalized spacial score (nSPS) is 25.8. The van der Waals surface area contributed by atoms with Crippen molar-refractivity contribution >= 4 is 17.8 Å². The summed E-state index contributed by atoms with van der Waals surface area (Å²) in [6.45, 7) is 3.00. The first kappa shape index (κ1) is 23.6. The molecule has 1 saturated heterocycles. The van der Waals surface area contributed by atoms with Gasteiger partial charge in [0.25, 0.3) is 0 Å². The number of amides is 2. The lowest BCUT2D eigenvalue weighted by Gasteiger charge is -2.47. The molecule has 3 aliphatic rings. The fourth-order valence-electron chi connectivity index (χ4n) is 5.77. The number of carbonyl (C=O) groups is 3. The summed E-state index contributed by atoms with van der Waals surface area (Å²) in [7, 11) is 0. The topological polar surface area (TPSA) is 88.8 Å². The van der Waals surface area contributed by atoms with Crippen LogP contribution in [-0.2, 0) is 25.7 Å². The molecule has 4 rings (SSSR count). The molecule has 0 spiro atoms. The van der Waals surface area contributed by atoms with Gasteiger partial charge in [0, 0.05) is 24.6 Å². The third-order valence-electron chi connectivity index (χ3n) is 7.44. The van der Waals surface area contributed by atoms with Crippen LogP contribution in [0.15, 0.2) is 34.6 Å². The van der Waals surface area contributed by atoms with Crippen molar-refractivity contribution in [1.82, 2.24) is 10.2 Å². The Hall–Kier alpha value is -2.57. The maximum atomic E-state index is 13.6. The van der Waals surface area contributed by atoms with E-state index in [2.05, 4.69) is 5.32 Å². The van der Waals surface area contributed by atoms with E-state index in [9.17, 15) is 14.4 Å². The number of hydrogen-bond acceptors (Lipinski definition) is 5. The summed E-state index contributed by atoms with van der Waals surface area (Å²) in [6.07, 6.45) is 12.3. The number of rotatable bonds is 8. The van der Waals surface area contributed by atoms with E-state index >= 15 is 0 Å². The second-order valence-corrected chi connectivity index (χ2v) is 9.70. The second kappa shape index (κ2) is 10.6. The van der Waals surface area contributed by atoms with Gasteiger partial charge in [-0.1, -0.05) is 25.3 Å². The number of esters is 1. The fourth-order valence-corrected chi connectivity index (χ4v) is 5.77. The van der Waals surface area contributed by atoms with Crippen molar-refractivity contribution in [1.29, 1.82) is 0 Å². The predicted molar refractivity (Wildman–Crippen MR) is 123 cm³/mol. The van der Waals surface area contributed by atoms with Crippen molar-refractivity contribution in [2.24, 2.45) is 17.3 Å². The molecule has 0 bridgehead atoms. The Labute approximate surface area is 195 Å². The van der Waals surface area contributed by atoms with Crippen molar-refractivity contribution in [3.8, 4) is 0 Å². The highest BCUT2D eigenvalue weighted by Crippen LogP contribution is 2.50. The number of fused-ring (bicyclic) bond motifs is 1. The average Bonchev–Trinajstić information content (AvgIpc) is 3.34. The minimum atomic E-state index is -0.886. The molecule has 2 aliphatic carbocycles. The van der Waals surface area contributed by atoms with Crippen LogP contribution in [-0.4, -0.2) is 35.8 Å². The van der Waals surface area contributed by atoms with Crippen LogP contribution in [0.1, 0.15) is 76.9 Å². The molecule has 33 heavy (non-hydrogen) atoms. The van der Waals surface area contributed by atoms with E-state index in [4.69, 9.17) is 9.15 Å². The molecule has 7 nitrogen and oxygen atoms in total. The summed E-state index contributed by atoms with van der Waals surface area (Å²) in [5.74, 6) is 0.0897. The summed E-state index contributed by atoms with van der Waals surface area (Å²) in [5.41, 5.74) is -0.171. The van der Waals surface area contributed by atoms with Gasteiger partial charge in [-0.25, -0.2) is 0 Å². The smallest absolute Gasteiger partial charge is 0.318 e. The number of nitrogens with one attached hydrogen (secondary N) is 1. The zero-order valence-electron chi connectivity index (χ0n) is 19.6. The minimum Gasteiger partial charge on any atom is -0.467 e. The Morgan fingerprint density at radius 1 is 1.24 bits per heavy atom. The van der Waals surface area contributed by atoms with Crippen LogP contribution in [0.4, 0.5) is 0 Å². The zero-order chi connectivity index (χ0) is 23.3. The molecule has 0 unspecified atom stereocenters. The number of piperidine rings is 1. The number of furan rings is 1. The highest BCUT2D eigenvalue weighted by Gasteiger charge is 2.54. The Morgan fingerprint density at radius 3 is 2.79 bits per heavy atom. The number of likely N-dealkylation sites (tertiary alicyclic amines) is 1. The summed E-state index contributed by atoms with van der Waals surface area (Å²) in [6, 6.07) is 3.61. The number of carbonyl (C=O) groups excluding carboxylic acids is 3. The van der Waals surface area contributed by atoms with Gasteiger partial charge in [-0.15, -0.1) is 0 Å². The van der Waals surface area contributed by atoms with E-state index in [-0.39, 0.29) is 37.4 Å². The molecule has 7 heteroatoms. The van der Waals surface area contributed by atoms with Crippen LogP contribution in [0.5, 0.6) is 0 Å². The summed E-state index contributed by atoms with van der Waals surface area (Å²) in [5, 5.41) is 3.06. The molecule has 1 N–H and O–H groups in total. The molecule has 1 aromatic heterocycles. The van der Waals surface area contributed by atoms with Crippen molar-refractivity contribution in [2.45, 2.75) is 77.7 Å². The third kappa shape index (κ3) is 5.17. The molecule has 2 fully saturated rings. The molecular formula is C26H36N2O5.